The van der Waals surface area contributed by atoms with E-state index < -0.39 is 13.3 Å². The zero-order valence-electron chi connectivity index (χ0n) is 32.9. The Bertz CT molecular complexity index is 3250. The van der Waals surface area contributed by atoms with Crippen LogP contribution in [0.1, 0.15) is 25.0 Å². The molecule has 4 heteroatoms. The van der Waals surface area contributed by atoms with Gasteiger partial charge >= 0.3 is 348 Å². The topological polar surface area (TPSA) is 30.7 Å². The summed E-state index contributed by atoms with van der Waals surface area (Å²) in [5, 5.41) is 2.52. The van der Waals surface area contributed by atoms with Crippen molar-refractivity contribution in [3.8, 4) is 50.7 Å². The number of benzene rings is 8. The number of hydrogen-bond donors (Lipinski definition) is 0. The third kappa shape index (κ3) is 4.77. The van der Waals surface area contributed by atoms with Crippen LogP contribution < -0.4 is 17.6 Å². The number of para-hydroxylation sites is 1. The molecule has 278 valence electrons. The molecule has 3 heterocycles. The Balaban J connectivity index is 1.20. The van der Waals surface area contributed by atoms with E-state index in [0.29, 0.717) is 0 Å². The van der Waals surface area contributed by atoms with Gasteiger partial charge in [-0.3, -0.25) is 0 Å². The van der Waals surface area contributed by atoms with Gasteiger partial charge in [-0.2, -0.15) is 0 Å². The molecular formula is C55H39GeN3. The average Bonchev–Trinajstić information content (AvgIpc) is 3.89. The maximum absolute atomic E-state index is 5.69. The molecule has 0 atom stereocenters. The summed E-state index contributed by atoms with van der Waals surface area (Å²) in [7, 11) is 0. The first-order chi connectivity index (χ1) is 29.0. The summed E-state index contributed by atoms with van der Waals surface area (Å²) >= 11 is -3.75. The van der Waals surface area contributed by atoms with E-state index in [2.05, 4.69) is 219 Å². The van der Waals surface area contributed by atoms with Crippen molar-refractivity contribution in [1.82, 2.24) is 14.5 Å². The van der Waals surface area contributed by atoms with E-state index in [4.69, 9.17) is 9.97 Å². The van der Waals surface area contributed by atoms with Gasteiger partial charge in [0.05, 0.1) is 0 Å². The predicted molar refractivity (Wildman–Crippen MR) is 247 cm³/mol. The minimum absolute atomic E-state index is 0.113. The molecule has 0 bridgehead atoms. The van der Waals surface area contributed by atoms with Crippen LogP contribution in [-0.4, -0.2) is 27.8 Å². The summed E-state index contributed by atoms with van der Waals surface area (Å²) in [6.45, 7) is 4.73. The van der Waals surface area contributed by atoms with Gasteiger partial charge in [-0.1, -0.05) is 0 Å². The zero-order chi connectivity index (χ0) is 39.3. The van der Waals surface area contributed by atoms with E-state index in [0.717, 1.165) is 34.0 Å². The first-order valence-corrected chi connectivity index (χ1v) is 24.7. The van der Waals surface area contributed by atoms with Gasteiger partial charge in [0.1, 0.15) is 0 Å². The monoisotopic (exact) mass is 815 g/mol. The molecule has 1 aliphatic heterocycles. The van der Waals surface area contributed by atoms with Crippen molar-refractivity contribution in [3.63, 3.8) is 0 Å². The van der Waals surface area contributed by atoms with Crippen LogP contribution >= 0.6 is 0 Å². The van der Waals surface area contributed by atoms with Gasteiger partial charge < -0.3 is 0 Å². The van der Waals surface area contributed by atoms with Gasteiger partial charge in [-0.15, -0.1) is 0 Å². The molecular weight excluding hydrogens is 775 g/mol. The maximum atomic E-state index is 5.69. The molecule has 0 amide bonds. The molecule has 2 aromatic heterocycles. The van der Waals surface area contributed by atoms with Crippen LogP contribution in [0.2, 0.25) is 0 Å². The van der Waals surface area contributed by atoms with Crippen LogP contribution in [0.15, 0.2) is 200 Å². The Hall–Kier alpha value is -6.82. The summed E-state index contributed by atoms with van der Waals surface area (Å²) in [6.07, 6.45) is 0. The van der Waals surface area contributed by atoms with Crippen molar-refractivity contribution in [2.24, 2.45) is 0 Å². The van der Waals surface area contributed by atoms with E-state index in [1.807, 2.05) is 0 Å². The summed E-state index contributed by atoms with van der Waals surface area (Å²) in [5.74, 6) is 0.743. The summed E-state index contributed by atoms with van der Waals surface area (Å²) in [5.41, 5.74) is 14.2. The second kappa shape index (κ2) is 12.8. The second-order valence-electron chi connectivity index (χ2n) is 16.5. The molecule has 2 aliphatic rings. The van der Waals surface area contributed by atoms with Gasteiger partial charge in [0.15, 0.2) is 0 Å². The van der Waals surface area contributed by atoms with Crippen LogP contribution in [0.25, 0.3) is 72.5 Å². The zero-order valence-corrected chi connectivity index (χ0v) is 35.0. The number of fused-ring (bicyclic) bond motifs is 10. The van der Waals surface area contributed by atoms with E-state index >= 15 is 0 Å². The van der Waals surface area contributed by atoms with E-state index in [-0.39, 0.29) is 5.41 Å². The fraction of sp³-hybridized carbons (Fsp3) is 0.0545. The molecule has 10 aromatic rings. The fourth-order valence-electron chi connectivity index (χ4n) is 10.5. The van der Waals surface area contributed by atoms with Gasteiger partial charge in [0, 0.05) is 0 Å². The van der Waals surface area contributed by atoms with E-state index in [1.165, 1.54) is 67.2 Å². The van der Waals surface area contributed by atoms with Crippen LogP contribution in [0.5, 0.6) is 0 Å². The first-order valence-electron chi connectivity index (χ1n) is 20.5. The third-order valence-corrected chi connectivity index (χ3v) is 23.3. The molecule has 8 aromatic carbocycles. The predicted octanol–water partition coefficient (Wildman–Crippen LogP) is 10.6. The first kappa shape index (κ1) is 34.2. The number of nitrogens with zero attached hydrogens (tertiary/aromatic N) is 3. The van der Waals surface area contributed by atoms with Crippen molar-refractivity contribution in [2.75, 3.05) is 0 Å². The van der Waals surface area contributed by atoms with Gasteiger partial charge in [-0.25, -0.2) is 0 Å². The molecule has 0 N–H and O–H groups in total. The number of hydrogen-bond acceptors (Lipinski definition) is 2. The molecule has 0 radical (unpaired) electrons. The SMILES string of the molecule is CC1(C)c2ccccc2-c2c1ccc1c3ccccc3n(-c3cccc(-c4nc(-c5ccccc5)nc5[c]4[Ge]([c]4ccccc4)([c]4ccccc4)[c]4ccccc4-5)c3)c21. The minimum atomic E-state index is -3.75. The van der Waals surface area contributed by atoms with Crippen LogP contribution in [0.3, 0.4) is 0 Å². The van der Waals surface area contributed by atoms with Gasteiger partial charge in [0.25, 0.3) is 0 Å². The van der Waals surface area contributed by atoms with Crippen molar-refractivity contribution >= 4 is 52.7 Å². The molecule has 0 spiro atoms. The Kier molecular flexibility index (Phi) is 7.45. The average molecular weight is 815 g/mol. The molecule has 59 heavy (non-hydrogen) atoms. The van der Waals surface area contributed by atoms with Gasteiger partial charge in [-0.05, 0) is 0 Å². The molecule has 1 aliphatic carbocycles. The van der Waals surface area contributed by atoms with E-state index in [1.54, 1.807) is 0 Å². The standard InChI is InChI=1S/C55H39GeN3/c1-55(2)45-30-15-12-28-43(45)49-46(55)34-33-42-41-27-14-17-32-48(41)59(53(42)49)40-26-18-21-37(35-40)51-50-52(58-54(57-51)36-19-6-3-7-20-36)44-29-13-16-31-47(44)56(50,38-22-8-4-9-23-38)39-24-10-5-11-25-39/h3-35H,1-2H3. The quantitative estimate of drug-likeness (QED) is 0.162. The molecule has 3 nitrogen and oxygen atoms in total. The molecule has 12 rings (SSSR count). The molecule has 0 saturated heterocycles. The van der Waals surface area contributed by atoms with Crippen LogP contribution in [0, 0.1) is 0 Å². The Labute approximate surface area is 346 Å². The number of rotatable bonds is 5. The van der Waals surface area contributed by atoms with Crippen molar-refractivity contribution < 1.29 is 0 Å². The molecule has 0 saturated carbocycles. The summed E-state index contributed by atoms with van der Waals surface area (Å²) in [6, 6.07) is 73.7. The summed E-state index contributed by atoms with van der Waals surface area (Å²) in [4.78, 5) is 11.3. The van der Waals surface area contributed by atoms with Crippen LogP contribution in [0.4, 0.5) is 0 Å². The van der Waals surface area contributed by atoms with Gasteiger partial charge in [0.2, 0.25) is 0 Å². The van der Waals surface area contributed by atoms with Crippen molar-refractivity contribution in [3.05, 3.63) is 211 Å². The number of aromatic nitrogens is 3. The molecule has 0 unspecified atom stereocenters. The summed E-state index contributed by atoms with van der Waals surface area (Å²) < 4.78 is 7.95. The Morgan fingerprint density at radius 3 is 1.85 bits per heavy atom. The fourth-order valence-corrected chi connectivity index (χ4v) is 21.5. The van der Waals surface area contributed by atoms with Crippen LogP contribution in [-0.2, 0) is 5.41 Å². The third-order valence-electron chi connectivity index (χ3n) is 13.1. The Morgan fingerprint density at radius 1 is 0.475 bits per heavy atom. The second-order valence-corrected chi connectivity index (χ2v) is 24.2. The molecule has 0 fully saturated rings. The Morgan fingerprint density at radius 2 is 1.08 bits per heavy atom. The van der Waals surface area contributed by atoms with Crippen molar-refractivity contribution in [2.45, 2.75) is 19.3 Å². The van der Waals surface area contributed by atoms with Crippen molar-refractivity contribution in [1.29, 1.82) is 0 Å². The van der Waals surface area contributed by atoms with E-state index in [9.17, 15) is 0 Å². The normalized spacial score (nSPS) is 14.2.